The molecule has 1 heterocycles. The van der Waals surface area contributed by atoms with Gasteiger partial charge >= 0.3 is 0 Å². The van der Waals surface area contributed by atoms with Crippen LogP contribution >= 0.6 is 0 Å². The Morgan fingerprint density at radius 1 is 1.37 bits per heavy atom. The number of hydrogen-bond acceptors (Lipinski definition) is 3. The average molecular weight is 265 g/mol. The summed E-state index contributed by atoms with van der Waals surface area (Å²) >= 11 is 0. The predicted molar refractivity (Wildman–Crippen MR) is 73.0 cm³/mol. The van der Waals surface area contributed by atoms with Crippen LogP contribution in [0.1, 0.15) is 24.8 Å². The van der Waals surface area contributed by atoms with E-state index < -0.39 is 0 Å². The summed E-state index contributed by atoms with van der Waals surface area (Å²) in [5, 5.41) is 0. The fraction of sp³-hybridized carbons (Fsp3) is 0.500. The molecule has 19 heavy (non-hydrogen) atoms. The maximum atomic E-state index is 13.7. The minimum absolute atomic E-state index is 0.198. The summed E-state index contributed by atoms with van der Waals surface area (Å²) < 4.78 is 13.7. The standard InChI is InChI=1S/C14H20FN3O/c15-12-2-1-3-13(11(12)9-16)18-6-4-10(5-7-18)8-14(17)19/h1-3,10H,4-9,16H2,(H2,17,19). The molecular formula is C14H20FN3O. The SMILES string of the molecule is NCc1c(F)cccc1N1CCC(CC(N)=O)CC1. The van der Waals surface area contributed by atoms with Crippen LogP contribution < -0.4 is 16.4 Å². The van der Waals surface area contributed by atoms with Gasteiger partial charge in [0.2, 0.25) is 5.91 Å². The number of hydrogen-bond donors (Lipinski definition) is 2. The van der Waals surface area contributed by atoms with E-state index in [-0.39, 0.29) is 18.3 Å². The van der Waals surface area contributed by atoms with E-state index in [2.05, 4.69) is 4.90 Å². The molecule has 1 aliphatic rings. The third kappa shape index (κ3) is 3.23. The first-order valence-electron chi connectivity index (χ1n) is 6.62. The fourth-order valence-electron chi connectivity index (χ4n) is 2.71. The number of halogens is 1. The predicted octanol–water partition coefficient (Wildman–Crippen LogP) is 1.38. The van der Waals surface area contributed by atoms with E-state index in [9.17, 15) is 9.18 Å². The number of primary amides is 1. The van der Waals surface area contributed by atoms with E-state index in [0.717, 1.165) is 31.6 Å². The second-order valence-corrected chi connectivity index (χ2v) is 5.04. The molecule has 2 rings (SSSR count). The Balaban J connectivity index is 2.05. The zero-order chi connectivity index (χ0) is 13.8. The molecule has 0 radical (unpaired) electrons. The van der Waals surface area contributed by atoms with E-state index in [4.69, 9.17) is 11.5 Å². The maximum absolute atomic E-state index is 13.7. The zero-order valence-corrected chi connectivity index (χ0v) is 10.9. The van der Waals surface area contributed by atoms with E-state index in [1.54, 1.807) is 6.07 Å². The molecule has 5 heteroatoms. The Kier molecular flexibility index (Phi) is 4.37. The van der Waals surface area contributed by atoms with Gasteiger partial charge in [-0.15, -0.1) is 0 Å². The summed E-state index contributed by atoms with van der Waals surface area (Å²) in [7, 11) is 0. The summed E-state index contributed by atoms with van der Waals surface area (Å²) in [6.45, 7) is 1.83. The molecule has 1 saturated heterocycles. The molecule has 1 aliphatic heterocycles. The minimum Gasteiger partial charge on any atom is -0.371 e. The van der Waals surface area contributed by atoms with Gasteiger partial charge in [0.1, 0.15) is 5.82 Å². The van der Waals surface area contributed by atoms with Crippen molar-refractivity contribution in [2.45, 2.75) is 25.8 Å². The molecule has 4 nitrogen and oxygen atoms in total. The number of rotatable bonds is 4. The summed E-state index contributed by atoms with van der Waals surface area (Å²) in [5.41, 5.74) is 12.3. The fourth-order valence-corrected chi connectivity index (χ4v) is 2.71. The molecule has 0 aromatic heterocycles. The number of amides is 1. The van der Waals surface area contributed by atoms with Gasteiger partial charge in [-0.25, -0.2) is 4.39 Å². The van der Waals surface area contributed by atoms with Crippen LogP contribution in [-0.2, 0) is 11.3 Å². The Bertz CT molecular complexity index is 456. The molecule has 0 unspecified atom stereocenters. The van der Waals surface area contributed by atoms with E-state index in [1.807, 2.05) is 6.07 Å². The number of piperidine rings is 1. The molecular weight excluding hydrogens is 245 g/mol. The highest BCUT2D eigenvalue weighted by molar-refractivity contribution is 5.74. The number of carbonyl (C=O) groups is 1. The van der Waals surface area contributed by atoms with Crippen LogP contribution in [-0.4, -0.2) is 19.0 Å². The van der Waals surface area contributed by atoms with Crippen LogP contribution in [0.15, 0.2) is 18.2 Å². The summed E-state index contributed by atoms with van der Waals surface area (Å²) in [6.07, 6.45) is 2.26. The van der Waals surface area contributed by atoms with Crippen molar-refractivity contribution in [3.8, 4) is 0 Å². The highest BCUT2D eigenvalue weighted by Crippen LogP contribution is 2.28. The van der Waals surface area contributed by atoms with Crippen molar-refractivity contribution < 1.29 is 9.18 Å². The summed E-state index contributed by atoms with van der Waals surface area (Å²) in [6, 6.07) is 5.05. The summed E-state index contributed by atoms with van der Waals surface area (Å²) in [4.78, 5) is 13.0. The summed E-state index contributed by atoms with van der Waals surface area (Å²) in [5.74, 6) is -0.144. The lowest BCUT2D eigenvalue weighted by molar-refractivity contribution is -0.119. The van der Waals surface area contributed by atoms with Gasteiger partial charge in [-0.05, 0) is 30.9 Å². The van der Waals surface area contributed by atoms with Crippen molar-refractivity contribution >= 4 is 11.6 Å². The normalized spacial score (nSPS) is 16.6. The minimum atomic E-state index is -0.251. The van der Waals surface area contributed by atoms with Crippen LogP contribution in [0.5, 0.6) is 0 Å². The number of nitrogens with two attached hydrogens (primary N) is 2. The van der Waals surface area contributed by atoms with Gasteiger partial charge in [0.05, 0.1) is 0 Å². The smallest absolute Gasteiger partial charge is 0.217 e. The van der Waals surface area contributed by atoms with Gasteiger partial charge in [0.25, 0.3) is 0 Å². The second kappa shape index (κ2) is 6.02. The van der Waals surface area contributed by atoms with Crippen molar-refractivity contribution in [2.75, 3.05) is 18.0 Å². The van der Waals surface area contributed by atoms with Gasteiger partial charge in [-0.1, -0.05) is 6.07 Å². The van der Waals surface area contributed by atoms with Crippen molar-refractivity contribution in [3.05, 3.63) is 29.6 Å². The number of nitrogens with zero attached hydrogens (tertiary/aromatic N) is 1. The van der Waals surface area contributed by atoms with Crippen molar-refractivity contribution in [1.29, 1.82) is 0 Å². The number of anilines is 1. The Morgan fingerprint density at radius 2 is 2.05 bits per heavy atom. The van der Waals surface area contributed by atoms with Gasteiger partial charge in [0.15, 0.2) is 0 Å². The van der Waals surface area contributed by atoms with Crippen LogP contribution in [0.25, 0.3) is 0 Å². The highest BCUT2D eigenvalue weighted by atomic mass is 19.1. The topological polar surface area (TPSA) is 72.3 Å². The molecule has 0 bridgehead atoms. The molecule has 0 spiro atoms. The molecule has 1 aromatic rings. The number of benzene rings is 1. The van der Waals surface area contributed by atoms with E-state index in [1.165, 1.54) is 6.07 Å². The molecule has 0 atom stereocenters. The third-order valence-corrected chi connectivity index (χ3v) is 3.74. The van der Waals surface area contributed by atoms with E-state index >= 15 is 0 Å². The van der Waals surface area contributed by atoms with Gasteiger partial charge in [0, 0.05) is 37.3 Å². The lowest BCUT2D eigenvalue weighted by atomic mass is 9.92. The Hall–Kier alpha value is -1.62. The van der Waals surface area contributed by atoms with Gasteiger partial charge < -0.3 is 16.4 Å². The molecule has 1 aromatic carbocycles. The Labute approximate surface area is 112 Å². The first kappa shape index (κ1) is 13.8. The molecule has 0 aliphatic carbocycles. The van der Waals surface area contributed by atoms with Gasteiger partial charge in [-0.3, -0.25) is 4.79 Å². The largest absolute Gasteiger partial charge is 0.371 e. The first-order valence-corrected chi connectivity index (χ1v) is 6.62. The second-order valence-electron chi connectivity index (χ2n) is 5.04. The maximum Gasteiger partial charge on any atom is 0.217 e. The van der Waals surface area contributed by atoms with Gasteiger partial charge in [-0.2, -0.15) is 0 Å². The van der Waals surface area contributed by atoms with Crippen LogP contribution in [0, 0.1) is 11.7 Å². The Morgan fingerprint density at radius 3 is 2.63 bits per heavy atom. The van der Waals surface area contributed by atoms with Crippen LogP contribution in [0.3, 0.4) is 0 Å². The molecule has 1 fully saturated rings. The van der Waals surface area contributed by atoms with Crippen molar-refractivity contribution in [1.82, 2.24) is 0 Å². The van der Waals surface area contributed by atoms with Crippen LogP contribution in [0.4, 0.5) is 10.1 Å². The van der Waals surface area contributed by atoms with Crippen molar-refractivity contribution in [3.63, 3.8) is 0 Å². The zero-order valence-electron chi connectivity index (χ0n) is 10.9. The molecule has 1 amide bonds. The lowest BCUT2D eigenvalue weighted by Crippen LogP contribution is -2.35. The molecule has 104 valence electrons. The average Bonchev–Trinajstić information content (AvgIpc) is 2.38. The number of carbonyl (C=O) groups excluding carboxylic acids is 1. The van der Waals surface area contributed by atoms with Crippen molar-refractivity contribution in [2.24, 2.45) is 17.4 Å². The first-order chi connectivity index (χ1) is 9.11. The van der Waals surface area contributed by atoms with E-state index in [0.29, 0.717) is 17.9 Å². The van der Waals surface area contributed by atoms with Crippen LogP contribution in [0.2, 0.25) is 0 Å². The highest BCUT2D eigenvalue weighted by Gasteiger charge is 2.22. The molecule has 4 N–H and O–H groups in total. The third-order valence-electron chi connectivity index (χ3n) is 3.74. The lowest BCUT2D eigenvalue weighted by Gasteiger charge is -2.34. The monoisotopic (exact) mass is 265 g/mol. The molecule has 0 saturated carbocycles. The quantitative estimate of drug-likeness (QED) is 0.863.